The first-order chi connectivity index (χ1) is 8.79. The lowest BCUT2D eigenvalue weighted by Gasteiger charge is -2.22. The van der Waals surface area contributed by atoms with Crippen LogP contribution in [0.2, 0.25) is 0 Å². The summed E-state index contributed by atoms with van der Waals surface area (Å²) in [6.45, 7) is 2.65. The van der Waals surface area contributed by atoms with Gasteiger partial charge < -0.3 is 10.1 Å². The highest BCUT2D eigenvalue weighted by Crippen LogP contribution is 2.20. The van der Waals surface area contributed by atoms with E-state index in [4.69, 9.17) is 10.00 Å². The molecule has 1 aliphatic rings. The number of rotatable bonds is 4. The van der Waals surface area contributed by atoms with Crippen molar-refractivity contribution in [2.45, 2.75) is 19.3 Å². The summed E-state index contributed by atoms with van der Waals surface area (Å²) in [6, 6.07) is 6.20. The smallest absolute Gasteiger partial charge is 0.166 e. The Balaban J connectivity index is 1.81. The number of ether oxygens (including phenoxy) is 1. The molecule has 2 rings (SSSR count). The van der Waals surface area contributed by atoms with Crippen LogP contribution in [-0.2, 0) is 0 Å². The van der Waals surface area contributed by atoms with E-state index in [1.54, 1.807) is 6.07 Å². The van der Waals surface area contributed by atoms with E-state index in [-0.39, 0.29) is 5.75 Å². The average Bonchev–Trinajstić information content (AvgIpc) is 2.42. The number of piperidine rings is 1. The summed E-state index contributed by atoms with van der Waals surface area (Å²) in [6.07, 6.45) is 3.36. The Kier molecular flexibility index (Phi) is 4.54. The molecular weight excluding hydrogens is 231 g/mol. The highest BCUT2D eigenvalue weighted by Gasteiger charge is 2.13. The van der Waals surface area contributed by atoms with Gasteiger partial charge in [-0.15, -0.1) is 0 Å². The van der Waals surface area contributed by atoms with Gasteiger partial charge in [-0.1, -0.05) is 0 Å². The van der Waals surface area contributed by atoms with Gasteiger partial charge in [0.1, 0.15) is 0 Å². The number of benzene rings is 1. The summed E-state index contributed by atoms with van der Waals surface area (Å²) in [5.74, 6) is 0.397. The van der Waals surface area contributed by atoms with Crippen molar-refractivity contribution in [3.8, 4) is 11.8 Å². The zero-order valence-electron chi connectivity index (χ0n) is 10.3. The second-order valence-electron chi connectivity index (χ2n) is 4.61. The third-order valence-electron chi connectivity index (χ3n) is 3.24. The van der Waals surface area contributed by atoms with Crippen LogP contribution in [0.1, 0.15) is 24.8 Å². The van der Waals surface area contributed by atoms with Crippen molar-refractivity contribution in [1.82, 2.24) is 5.32 Å². The van der Waals surface area contributed by atoms with E-state index in [9.17, 15) is 4.39 Å². The van der Waals surface area contributed by atoms with Crippen molar-refractivity contribution in [2.75, 3.05) is 19.7 Å². The molecular formula is C14H17FN2O. The minimum Gasteiger partial charge on any atom is -0.491 e. The van der Waals surface area contributed by atoms with E-state index in [0.717, 1.165) is 19.5 Å². The van der Waals surface area contributed by atoms with Crippen molar-refractivity contribution in [3.05, 3.63) is 29.6 Å². The van der Waals surface area contributed by atoms with Gasteiger partial charge in [0.2, 0.25) is 0 Å². The van der Waals surface area contributed by atoms with Crippen molar-refractivity contribution in [2.24, 2.45) is 5.92 Å². The summed E-state index contributed by atoms with van der Waals surface area (Å²) in [4.78, 5) is 0. The molecule has 0 amide bonds. The van der Waals surface area contributed by atoms with Crippen molar-refractivity contribution < 1.29 is 9.13 Å². The van der Waals surface area contributed by atoms with Crippen molar-refractivity contribution in [1.29, 1.82) is 5.26 Å². The molecule has 0 bridgehead atoms. The van der Waals surface area contributed by atoms with E-state index < -0.39 is 5.82 Å². The summed E-state index contributed by atoms with van der Waals surface area (Å²) >= 11 is 0. The second-order valence-corrected chi connectivity index (χ2v) is 4.61. The topological polar surface area (TPSA) is 45.0 Å². The first-order valence-corrected chi connectivity index (χ1v) is 6.33. The number of nitriles is 1. The van der Waals surface area contributed by atoms with E-state index >= 15 is 0 Å². The summed E-state index contributed by atoms with van der Waals surface area (Å²) in [5, 5.41) is 12.0. The molecule has 1 aromatic rings. The van der Waals surface area contributed by atoms with Crippen LogP contribution in [0.15, 0.2) is 18.2 Å². The van der Waals surface area contributed by atoms with Crippen LogP contribution in [0.4, 0.5) is 4.39 Å². The molecule has 3 nitrogen and oxygen atoms in total. The maximum Gasteiger partial charge on any atom is 0.166 e. The zero-order chi connectivity index (χ0) is 12.8. The van der Waals surface area contributed by atoms with E-state index in [2.05, 4.69) is 5.32 Å². The molecule has 1 aromatic carbocycles. The largest absolute Gasteiger partial charge is 0.491 e. The minimum absolute atomic E-state index is 0.234. The van der Waals surface area contributed by atoms with Crippen LogP contribution in [-0.4, -0.2) is 19.7 Å². The lowest BCUT2D eigenvalue weighted by atomic mass is 9.97. The van der Waals surface area contributed by atoms with Gasteiger partial charge in [-0.2, -0.15) is 5.26 Å². The van der Waals surface area contributed by atoms with Gasteiger partial charge in [0.15, 0.2) is 11.6 Å². The molecule has 4 heteroatoms. The summed E-state index contributed by atoms with van der Waals surface area (Å²) < 4.78 is 18.9. The van der Waals surface area contributed by atoms with E-state index in [0.29, 0.717) is 18.1 Å². The van der Waals surface area contributed by atoms with E-state index in [1.165, 1.54) is 25.0 Å². The van der Waals surface area contributed by atoms with Gasteiger partial charge in [0.25, 0.3) is 0 Å². The molecule has 0 saturated carbocycles. The van der Waals surface area contributed by atoms with Gasteiger partial charge in [-0.3, -0.25) is 0 Å². The number of halogens is 1. The van der Waals surface area contributed by atoms with Crippen LogP contribution in [0, 0.1) is 23.1 Å². The Bertz CT molecular complexity index is 436. The van der Waals surface area contributed by atoms with Gasteiger partial charge in [0.05, 0.1) is 18.2 Å². The molecule has 1 unspecified atom stereocenters. The molecule has 96 valence electrons. The summed E-state index contributed by atoms with van der Waals surface area (Å²) in [5.41, 5.74) is 0.316. The molecule has 1 saturated heterocycles. The molecule has 1 fully saturated rings. The number of hydrogen-bond donors (Lipinski definition) is 1. The Hall–Kier alpha value is -1.60. The third kappa shape index (κ3) is 3.44. The van der Waals surface area contributed by atoms with E-state index in [1.807, 2.05) is 6.07 Å². The standard InChI is InChI=1S/C14H17FN2O/c15-13-8-12(9-16)3-4-14(13)18-7-5-11-2-1-6-17-10-11/h3-4,8,11,17H,1-2,5-7,10H2. The minimum atomic E-state index is -0.462. The fourth-order valence-electron chi connectivity index (χ4n) is 2.19. The van der Waals surface area contributed by atoms with Crippen LogP contribution >= 0.6 is 0 Å². The molecule has 0 aliphatic carbocycles. The SMILES string of the molecule is N#Cc1ccc(OCCC2CCCNC2)c(F)c1. The predicted octanol–water partition coefficient (Wildman–Crippen LogP) is 2.47. The number of nitrogens with zero attached hydrogens (tertiary/aromatic N) is 1. The van der Waals surface area contributed by atoms with Gasteiger partial charge in [-0.05, 0) is 56.5 Å². The Morgan fingerprint density at radius 1 is 1.50 bits per heavy atom. The number of nitrogens with one attached hydrogen (secondary N) is 1. The Morgan fingerprint density at radius 3 is 3.06 bits per heavy atom. The molecule has 1 aliphatic heterocycles. The first kappa shape index (κ1) is 12.8. The maximum atomic E-state index is 13.5. The molecule has 0 radical (unpaired) electrons. The molecule has 1 atom stereocenters. The fourth-order valence-corrected chi connectivity index (χ4v) is 2.19. The quantitative estimate of drug-likeness (QED) is 0.890. The molecule has 0 aromatic heterocycles. The van der Waals surface area contributed by atoms with Crippen molar-refractivity contribution in [3.63, 3.8) is 0 Å². The lowest BCUT2D eigenvalue weighted by Crippen LogP contribution is -2.30. The Morgan fingerprint density at radius 2 is 2.39 bits per heavy atom. The lowest BCUT2D eigenvalue weighted by molar-refractivity contribution is 0.246. The van der Waals surface area contributed by atoms with Crippen LogP contribution in [0.3, 0.4) is 0 Å². The molecule has 1 heterocycles. The summed E-state index contributed by atoms with van der Waals surface area (Å²) in [7, 11) is 0. The highest BCUT2D eigenvalue weighted by atomic mass is 19.1. The maximum absolute atomic E-state index is 13.5. The normalized spacial score (nSPS) is 19.2. The van der Waals surface area contributed by atoms with Crippen LogP contribution < -0.4 is 10.1 Å². The molecule has 1 N–H and O–H groups in total. The van der Waals surface area contributed by atoms with Gasteiger partial charge in [0, 0.05) is 0 Å². The van der Waals surface area contributed by atoms with Gasteiger partial charge >= 0.3 is 0 Å². The van der Waals surface area contributed by atoms with Gasteiger partial charge in [-0.25, -0.2) is 4.39 Å². The van der Waals surface area contributed by atoms with Crippen LogP contribution in [0.25, 0.3) is 0 Å². The zero-order valence-corrected chi connectivity index (χ0v) is 10.3. The second kappa shape index (κ2) is 6.36. The fraction of sp³-hybridized carbons (Fsp3) is 0.500. The highest BCUT2D eigenvalue weighted by molar-refractivity contribution is 5.35. The van der Waals surface area contributed by atoms with Crippen LogP contribution in [0.5, 0.6) is 5.75 Å². The monoisotopic (exact) mass is 248 g/mol. The number of hydrogen-bond acceptors (Lipinski definition) is 3. The third-order valence-corrected chi connectivity index (χ3v) is 3.24. The molecule has 0 spiro atoms. The Labute approximate surface area is 107 Å². The predicted molar refractivity (Wildman–Crippen MR) is 66.8 cm³/mol. The average molecular weight is 248 g/mol. The first-order valence-electron chi connectivity index (χ1n) is 6.33. The molecule has 18 heavy (non-hydrogen) atoms. The van der Waals surface area contributed by atoms with Crippen molar-refractivity contribution >= 4 is 0 Å².